The number of rotatable bonds is 1. The van der Waals surface area contributed by atoms with Crippen molar-refractivity contribution in [2.75, 3.05) is 7.11 Å². The quantitative estimate of drug-likeness (QED) is 0.615. The van der Waals surface area contributed by atoms with Gasteiger partial charge in [-0.25, -0.2) is 0 Å². The van der Waals surface area contributed by atoms with Crippen LogP contribution in [-0.4, -0.2) is 36.8 Å². The Labute approximate surface area is 78.4 Å². The number of hydrogen-bond donors (Lipinski definition) is 2. The summed E-state index contributed by atoms with van der Waals surface area (Å²) in [6.45, 7) is 1.79. The standard InChI is InChI=1S/C7H15NO3.ClH/c1-4-7(9)5(8)3-6(10-2)11-4;/h4-7,9H,3,8H2,1-2H3;1H. The molecule has 1 heterocycles. The number of nitrogens with two attached hydrogens (primary N) is 1. The van der Waals surface area contributed by atoms with Crippen molar-refractivity contribution in [3.8, 4) is 0 Å². The van der Waals surface area contributed by atoms with Crippen LogP contribution in [0.3, 0.4) is 0 Å². The minimum absolute atomic E-state index is 0. The molecule has 1 saturated heterocycles. The Bertz CT molecular complexity index is 124. The fourth-order valence-electron chi connectivity index (χ4n) is 1.24. The summed E-state index contributed by atoms with van der Waals surface area (Å²) in [5.74, 6) is 0. The lowest BCUT2D eigenvalue weighted by Crippen LogP contribution is -2.51. The summed E-state index contributed by atoms with van der Waals surface area (Å²) < 4.78 is 10.2. The molecule has 0 aliphatic carbocycles. The third-order valence-electron chi connectivity index (χ3n) is 2.01. The Morgan fingerprint density at radius 2 is 2.17 bits per heavy atom. The second-order valence-corrected chi connectivity index (χ2v) is 2.90. The van der Waals surface area contributed by atoms with Gasteiger partial charge in [0.1, 0.15) is 0 Å². The van der Waals surface area contributed by atoms with Crippen molar-refractivity contribution in [1.29, 1.82) is 0 Å². The lowest BCUT2D eigenvalue weighted by Gasteiger charge is -2.35. The molecule has 1 rings (SSSR count). The van der Waals surface area contributed by atoms with Gasteiger partial charge in [-0.3, -0.25) is 0 Å². The van der Waals surface area contributed by atoms with E-state index in [1.165, 1.54) is 0 Å². The summed E-state index contributed by atoms with van der Waals surface area (Å²) >= 11 is 0. The van der Waals surface area contributed by atoms with Crippen LogP contribution >= 0.6 is 12.4 Å². The van der Waals surface area contributed by atoms with Gasteiger partial charge in [0, 0.05) is 19.6 Å². The maximum Gasteiger partial charge on any atom is 0.159 e. The predicted octanol–water partition coefficient (Wildman–Crippen LogP) is -0.122. The zero-order valence-corrected chi connectivity index (χ0v) is 8.08. The van der Waals surface area contributed by atoms with Crippen LogP contribution in [0.25, 0.3) is 0 Å². The second-order valence-electron chi connectivity index (χ2n) is 2.90. The maximum atomic E-state index is 9.35. The molecule has 1 aliphatic heterocycles. The fraction of sp³-hybridized carbons (Fsp3) is 1.00. The SMILES string of the molecule is COC1CC(N)C(O)C(C)O1.Cl. The van der Waals surface area contributed by atoms with Crippen LogP contribution in [0.4, 0.5) is 0 Å². The Morgan fingerprint density at radius 1 is 1.58 bits per heavy atom. The molecule has 4 unspecified atom stereocenters. The highest BCUT2D eigenvalue weighted by Gasteiger charge is 2.32. The average Bonchev–Trinajstić information content (AvgIpc) is 1.99. The van der Waals surface area contributed by atoms with E-state index in [0.29, 0.717) is 6.42 Å². The van der Waals surface area contributed by atoms with Crippen LogP contribution in [0.2, 0.25) is 0 Å². The van der Waals surface area contributed by atoms with Crippen molar-refractivity contribution < 1.29 is 14.6 Å². The van der Waals surface area contributed by atoms with Gasteiger partial charge in [-0.15, -0.1) is 12.4 Å². The predicted molar refractivity (Wildman–Crippen MR) is 47.2 cm³/mol. The van der Waals surface area contributed by atoms with Gasteiger partial charge in [0.15, 0.2) is 6.29 Å². The van der Waals surface area contributed by atoms with E-state index in [1.807, 2.05) is 0 Å². The van der Waals surface area contributed by atoms with E-state index in [1.54, 1.807) is 14.0 Å². The molecule has 4 atom stereocenters. The molecule has 0 radical (unpaired) electrons. The molecule has 1 fully saturated rings. The van der Waals surface area contributed by atoms with Gasteiger partial charge in [-0.05, 0) is 6.92 Å². The van der Waals surface area contributed by atoms with Crippen LogP contribution in [0.1, 0.15) is 13.3 Å². The van der Waals surface area contributed by atoms with E-state index in [2.05, 4.69) is 0 Å². The number of ether oxygens (including phenoxy) is 2. The summed E-state index contributed by atoms with van der Waals surface area (Å²) in [4.78, 5) is 0. The van der Waals surface area contributed by atoms with Gasteiger partial charge in [0.25, 0.3) is 0 Å². The highest BCUT2D eigenvalue weighted by Crippen LogP contribution is 2.18. The molecule has 74 valence electrons. The molecule has 0 amide bonds. The first-order chi connectivity index (χ1) is 5.15. The highest BCUT2D eigenvalue weighted by atomic mass is 35.5. The summed E-state index contributed by atoms with van der Waals surface area (Å²) in [5, 5.41) is 9.35. The second kappa shape index (κ2) is 4.99. The first-order valence-corrected chi connectivity index (χ1v) is 3.77. The van der Waals surface area contributed by atoms with Crippen molar-refractivity contribution in [2.45, 2.75) is 37.9 Å². The molecule has 4 nitrogen and oxygen atoms in total. The third-order valence-corrected chi connectivity index (χ3v) is 2.01. The first-order valence-electron chi connectivity index (χ1n) is 3.77. The minimum Gasteiger partial charge on any atom is -0.389 e. The zero-order chi connectivity index (χ0) is 8.43. The third kappa shape index (κ3) is 2.57. The van der Waals surface area contributed by atoms with Crippen molar-refractivity contribution in [3.63, 3.8) is 0 Å². The van der Waals surface area contributed by atoms with E-state index in [0.717, 1.165) is 0 Å². The van der Waals surface area contributed by atoms with E-state index in [-0.39, 0.29) is 30.8 Å². The van der Waals surface area contributed by atoms with Gasteiger partial charge in [0.05, 0.1) is 12.2 Å². The van der Waals surface area contributed by atoms with Gasteiger partial charge in [-0.1, -0.05) is 0 Å². The molecule has 12 heavy (non-hydrogen) atoms. The summed E-state index contributed by atoms with van der Waals surface area (Å²) in [7, 11) is 1.57. The first kappa shape index (κ1) is 12.1. The zero-order valence-electron chi connectivity index (χ0n) is 7.27. The number of methoxy groups -OCH3 is 1. The monoisotopic (exact) mass is 197 g/mol. The maximum absolute atomic E-state index is 9.35. The molecule has 0 aromatic carbocycles. The fourth-order valence-corrected chi connectivity index (χ4v) is 1.24. The van der Waals surface area contributed by atoms with Crippen molar-refractivity contribution >= 4 is 12.4 Å². The van der Waals surface area contributed by atoms with Gasteiger partial charge >= 0.3 is 0 Å². The summed E-state index contributed by atoms with van der Waals surface area (Å²) in [6, 6.07) is -0.233. The number of aliphatic hydroxyl groups is 1. The summed E-state index contributed by atoms with van der Waals surface area (Å²) in [6.07, 6.45) is -0.504. The molecule has 0 saturated carbocycles. The van der Waals surface area contributed by atoms with Gasteiger partial charge < -0.3 is 20.3 Å². The summed E-state index contributed by atoms with van der Waals surface area (Å²) in [5.41, 5.74) is 5.62. The van der Waals surface area contributed by atoms with E-state index < -0.39 is 6.10 Å². The van der Waals surface area contributed by atoms with Crippen LogP contribution in [-0.2, 0) is 9.47 Å². The average molecular weight is 198 g/mol. The minimum atomic E-state index is -0.568. The molecular formula is C7H16ClNO3. The molecule has 0 spiro atoms. The van der Waals surface area contributed by atoms with Crippen LogP contribution < -0.4 is 5.73 Å². The van der Waals surface area contributed by atoms with Crippen LogP contribution in [0, 0.1) is 0 Å². The number of aliphatic hydroxyl groups excluding tert-OH is 1. The molecule has 0 aromatic heterocycles. The van der Waals surface area contributed by atoms with Gasteiger partial charge in [0.2, 0.25) is 0 Å². The molecule has 3 N–H and O–H groups in total. The Hall–Kier alpha value is 0.130. The Balaban J connectivity index is 0.00000121. The lowest BCUT2D eigenvalue weighted by molar-refractivity contribution is -0.211. The lowest BCUT2D eigenvalue weighted by atomic mass is 10.0. The number of halogens is 1. The van der Waals surface area contributed by atoms with E-state index in [4.69, 9.17) is 15.2 Å². The molecule has 0 aromatic rings. The molecule has 0 bridgehead atoms. The molecular weight excluding hydrogens is 182 g/mol. The van der Waals surface area contributed by atoms with Gasteiger partial charge in [-0.2, -0.15) is 0 Å². The number of hydrogen-bond acceptors (Lipinski definition) is 4. The van der Waals surface area contributed by atoms with Crippen molar-refractivity contribution in [3.05, 3.63) is 0 Å². The van der Waals surface area contributed by atoms with E-state index in [9.17, 15) is 5.11 Å². The van der Waals surface area contributed by atoms with Crippen molar-refractivity contribution in [2.24, 2.45) is 5.73 Å². The highest BCUT2D eigenvalue weighted by molar-refractivity contribution is 5.85. The Morgan fingerprint density at radius 3 is 2.58 bits per heavy atom. The molecule has 5 heteroatoms. The molecule has 1 aliphatic rings. The Kier molecular flexibility index (Phi) is 5.04. The van der Waals surface area contributed by atoms with Crippen molar-refractivity contribution in [1.82, 2.24) is 0 Å². The van der Waals surface area contributed by atoms with E-state index >= 15 is 0 Å². The topological polar surface area (TPSA) is 64.7 Å². The van der Waals surface area contributed by atoms with Crippen LogP contribution in [0.15, 0.2) is 0 Å². The van der Waals surface area contributed by atoms with Crippen LogP contribution in [0.5, 0.6) is 0 Å². The largest absolute Gasteiger partial charge is 0.389 e. The smallest absolute Gasteiger partial charge is 0.159 e. The normalized spacial score (nSPS) is 42.0.